The van der Waals surface area contributed by atoms with Crippen LogP contribution in [0.5, 0.6) is 11.5 Å². The second-order valence-corrected chi connectivity index (χ2v) is 11.5. The van der Waals surface area contributed by atoms with Gasteiger partial charge in [-0.25, -0.2) is 8.42 Å². The van der Waals surface area contributed by atoms with Crippen LogP contribution in [-0.4, -0.2) is 42.6 Å². The molecule has 1 unspecified atom stereocenters. The lowest BCUT2D eigenvalue weighted by atomic mass is 10.1. The van der Waals surface area contributed by atoms with Crippen LogP contribution in [0.2, 0.25) is 0 Å². The molecule has 1 saturated heterocycles. The van der Waals surface area contributed by atoms with Gasteiger partial charge in [0.05, 0.1) is 15.1 Å². The quantitative estimate of drug-likeness (QED) is 0.524. The predicted octanol–water partition coefficient (Wildman–Crippen LogP) is 4.15. The lowest BCUT2D eigenvalue weighted by Crippen LogP contribution is -2.41. The molecule has 1 atom stereocenters. The molecule has 0 aliphatic carbocycles. The van der Waals surface area contributed by atoms with Crippen LogP contribution in [-0.2, 0) is 16.6 Å². The van der Waals surface area contributed by atoms with Crippen molar-refractivity contribution in [3.8, 4) is 11.5 Å². The average Bonchev–Trinajstić information content (AvgIpc) is 3.42. The first kappa shape index (κ1) is 23.1. The summed E-state index contributed by atoms with van der Waals surface area (Å²) < 4.78 is 41.7. The Kier molecular flexibility index (Phi) is 6.22. The number of hydrogen-bond donors (Lipinski definition) is 0. The lowest BCUT2D eigenvalue weighted by Gasteiger charge is -2.32. The highest BCUT2D eigenvalue weighted by Crippen LogP contribution is 2.37. The van der Waals surface area contributed by atoms with Gasteiger partial charge in [0.1, 0.15) is 0 Å². The summed E-state index contributed by atoms with van der Waals surface area (Å²) in [5.74, 6) is 0.967. The van der Waals surface area contributed by atoms with E-state index in [1.165, 1.54) is 23.5 Å². The molecule has 3 heterocycles. The van der Waals surface area contributed by atoms with Gasteiger partial charge in [-0.05, 0) is 50.5 Å². The smallest absolute Gasteiger partial charge is 0.279 e. The number of hydrogen-bond acceptors (Lipinski definition) is 6. The van der Waals surface area contributed by atoms with E-state index in [2.05, 4.69) is 11.9 Å². The SMILES string of the molecule is CCCn1c(=NC(=O)c2ccc(S(=O)(=O)N3CCCCC3C)cc2)sc2cc3c(cc21)OCO3. The molecule has 180 valence electrons. The van der Waals surface area contributed by atoms with Crippen molar-refractivity contribution in [1.29, 1.82) is 0 Å². The molecule has 0 saturated carbocycles. The minimum absolute atomic E-state index is 0.0193. The molecule has 2 aliphatic rings. The maximum atomic E-state index is 13.1. The van der Waals surface area contributed by atoms with Crippen molar-refractivity contribution in [3.63, 3.8) is 0 Å². The largest absolute Gasteiger partial charge is 0.454 e. The van der Waals surface area contributed by atoms with Crippen LogP contribution in [0.1, 0.15) is 49.9 Å². The van der Waals surface area contributed by atoms with Crippen LogP contribution >= 0.6 is 11.3 Å². The molecule has 2 aliphatic heterocycles. The molecule has 0 spiro atoms. The summed E-state index contributed by atoms with van der Waals surface area (Å²) in [6.07, 6.45) is 3.65. The van der Waals surface area contributed by atoms with Gasteiger partial charge >= 0.3 is 0 Å². The average molecular weight is 502 g/mol. The van der Waals surface area contributed by atoms with Gasteiger partial charge in [-0.1, -0.05) is 24.7 Å². The molecule has 0 bridgehead atoms. The maximum Gasteiger partial charge on any atom is 0.279 e. The fourth-order valence-electron chi connectivity index (χ4n) is 4.47. The number of benzene rings is 2. The first-order valence-corrected chi connectivity index (χ1v) is 13.8. The molecule has 0 radical (unpaired) electrons. The van der Waals surface area contributed by atoms with Gasteiger partial charge in [-0.15, -0.1) is 0 Å². The van der Waals surface area contributed by atoms with Crippen molar-refractivity contribution in [2.45, 2.75) is 57.0 Å². The number of piperidine rings is 1. The van der Waals surface area contributed by atoms with Crippen LogP contribution in [0.4, 0.5) is 0 Å². The van der Waals surface area contributed by atoms with E-state index in [9.17, 15) is 13.2 Å². The normalized spacial score (nSPS) is 19.1. The summed E-state index contributed by atoms with van der Waals surface area (Å²) in [5.41, 5.74) is 1.29. The van der Waals surface area contributed by atoms with Gasteiger partial charge in [-0.3, -0.25) is 4.79 Å². The van der Waals surface area contributed by atoms with Crippen LogP contribution < -0.4 is 14.3 Å². The molecule has 34 heavy (non-hydrogen) atoms. The summed E-state index contributed by atoms with van der Waals surface area (Å²) >= 11 is 1.42. The molecule has 1 amide bonds. The molecular formula is C24H27N3O5S2. The number of thiazole rings is 1. The first-order chi connectivity index (χ1) is 16.4. The fraction of sp³-hybridized carbons (Fsp3) is 0.417. The Morgan fingerprint density at radius 2 is 1.88 bits per heavy atom. The van der Waals surface area contributed by atoms with Crippen LogP contribution in [0.3, 0.4) is 0 Å². The van der Waals surface area contributed by atoms with Gasteiger partial charge in [0.25, 0.3) is 5.91 Å². The van der Waals surface area contributed by atoms with Crippen LogP contribution in [0, 0.1) is 0 Å². The summed E-state index contributed by atoms with van der Waals surface area (Å²) in [7, 11) is -3.58. The van der Waals surface area contributed by atoms with Crippen molar-refractivity contribution in [2.75, 3.05) is 13.3 Å². The van der Waals surface area contributed by atoms with E-state index in [0.29, 0.717) is 35.0 Å². The number of nitrogens with zero attached hydrogens (tertiary/aromatic N) is 3. The summed E-state index contributed by atoms with van der Waals surface area (Å²) in [6, 6.07) is 9.91. The maximum absolute atomic E-state index is 13.1. The fourth-order valence-corrected chi connectivity index (χ4v) is 7.23. The Hall–Kier alpha value is -2.69. The van der Waals surface area contributed by atoms with Crippen molar-refractivity contribution in [2.24, 2.45) is 4.99 Å². The monoisotopic (exact) mass is 501 g/mol. The zero-order chi connectivity index (χ0) is 23.9. The third-order valence-corrected chi connectivity index (χ3v) is 9.34. The van der Waals surface area contributed by atoms with E-state index in [-0.39, 0.29) is 17.7 Å². The molecule has 0 N–H and O–H groups in total. The molecule has 1 fully saturated rings. The van der Waals surface area contributed by atoms with E-state index in [4.69, 9.17) is 9.47 Å². The zero-order valence-corrected chi connectivity index (χ0v) is 20.8. The van der Waals surface area contributed by atoms with E-state index in [0.717, 1.165) is 35.9 Å². The predicted molar refractivity (Wildman–Crippen MR) is 130 cm³/mol. The van der Waals surface area contributed by atoms with Crippen LogP contribution in [0.25, 0.3) is 10.2 Å². The molecule has 1 aromatic heterocycles. The second kappa shape index (κ2) is 9.16. The highest BCUT2D eigenvalue weighted by atomic mass is 32.2. The molecule has 2 aromatic carbocycles. The molecule has 3 aromatic rings. The zero-order valence-electron chi connectivity index (χ0n) is 19.2. The number of carbonyl (C=O) groups excluding carboxylic acids is 1. The third kappa shape index (κ3) is 4.14. The van der Waals surface area contributed by atoms with E-state index in [1.807, 2.05) is 23.6 Å². The summed E-state index contributed by atoms with van der Waals surface area (Å²) in [6.45, 7) is 5.45. The molecular weight excluding hydrogens is 474 g/mol. The topological polar surface area (TPSA) is 90.2 Å². The Labute approximate surface area is 202 Å². The van der Waals surface area contributed by atoms with Crippen molar-refractivity contribution in [3.05, 3.63) is 46.8 Å². The first-order valence-electron chi connectivity index (χ1n) is 11.5. The number of aryl methyl sites for hydroxylation is 1. The number of ether oxygens (including phenoxy) is 2. The highest BCUT2D eigenvalue weighted by Gasteiger charge is 2.31. The van der Waals surface area contributed by atoms with Crippen molar-refractivity contribution >= 4 is 37.5 Å². The Bertz CT molecular complexity index is 1410. The van der Waals surface area contributed by atoms with Gasteiger partial charge in [0, 0.05) is 36.8 Å². The minimum Gasteiger partial charge on any atom is -0.454 e. The number of amides is 1. The van der Waals surface area contributed by atoms with Crippen LogP contribution in [0.15, 0.2) is 46.3 Å². The Balaban J connectivity index is 1.46. The highest BCUT2D eigenvalue weighted by molar-refractivity contribution is 7.89. The number of sulfonamides is 1. The number of carbonyl (C=O) groups is 1. The minimum atomic E-state index is -3.58. The molecule has 5 rings (SSSR count). The second-order valence-electron chi connectivity index (χ2n) is 8.61. The van der Waals surface area contributed by atoms with Gasteiger partial charge in [0.15, 0.2) is 16.3 Å². The summed E-state index contributed by atoms with van der Waals surface area (Å²) in [4.78, 5) is 18.2. The third-order valence-electron chi connectivity index (χ3n) is 6.27. The number of aromatic nitrogens is 1. The van der Waals surface area contributed by atoms with E-state index < -0.39 is 15.9 Å². The van der Waals surface area contributed by atoms with Gasteiger partial charge < -0.3 is 14.0 Å². The van der Waals surface area contributed by atoms with E-state index >= 15 is 0 Å². The Morgan fingerprint density at radius 3 is 2.59 bits per heavy atom. The standard InChI is InChI=1S/C24H27N3O5S2/c1-3-11-26-19-13-20-21(32-15-31-20)14-22(19)33-24(26)25-23(28)17-7-9-18(10-8-17)34(29,30)27-12-5-4-6-16(27)2/h7-10,13-14,16H,3-6,11-12,15H2,1-2H3. The molecule has 8 nitrogen and oxygen atoms in total. The van der Waals surface area contributed by atoms with Crippen molar-refractivity contribution in [1.82, 2.24) is 8.87 Å². The van der Waals surface area contributed by atoms with E-state index in [1.54, 1.807) is 16.4 Å². The van der Waals surface area contributed by atoms with Gasteiger partial charge in [0.2, 0.25) is 16.8 Å². The van der Waals surface area contributed by atoms with Crippen molar-refractivity contribution < 1.29 is 22.7 Å². The van der Waals surface area contributed by atoms with Gasteiger partial charge in [-0.2, -0.15) is 9.30 Å². The lowest BCUT2D eigenvalue weighted by molar-refractivity contribution is 0.0997. The molecule has 10 heteroatoms. The Morgan fingerprint density at radius 1 is 1.15 bits per heavy atom. The number of rotatable bonds is 5. The number of fused-ring (bicyclic) bond motifs is 2. The summed E-state index contributed by atoms with van der Waals surface area (Å²) in [5, 5.41) is 0.